The van der Waals surface area contributed by atoms with Crippen LogP contribution >= 0.6 is 0 Å². The summed E-state index contributed by atoms with van der Waals surface area (Å²) >= 11 is 0. The van der Waals surface area contributed by atoms with Gasteiger partial charge in [-0.15, -0.1) is 0 Å². The van der Waals surface area contributed by atoms with Gasteiger partial charge in [0, 0.05) is 32.1 Å². The van der Waals surface area contributed by atoms with E-state index in [0.29, 0.717) is 45.5 Å². The minimum atomic E-state index is -0.790. The van der Waals surface area contributed by atoms with E-state index >= 15 is 0 Å². The van der Waals surface area contributed by atoms with Gasteiger partial charge in [0.25, 0.3) is 0 Å². The van der Waals surface area contributed by atoms with Crippen molar-refractivity contribution in [3.05, 3.63) is 29.6 Å². The first-order chi connectivity index (χ1) is 12.0. The largest absolute Gasteiger partial charge is 0.368 e. The number of aromatic nitrogens is 1. The number of pyridine rings is 1. The van der Waals surface area contributed by atoms with E-state index < -0.39 is 5.41 Å². The van der Waals surface area contributed by atoms with E-state index in [4.69, 9.17) is 10.00 Å². The van der Waals surface area contributed by atoms with Gasteiger partial charge in [0.05, 0.1) is 24.9 Å². The van der Waals surface area contributed by atoms with Crippen LogP contribution in [0.1, 0.15) is 37.3 Å². The Morgan fingerprint density at radius 1 is 1.48 bits per heavy atom. The maximum Gasteiger partial charge on any atom is 0.240 e. The third kappa shape index (κ3) is 3.97. The van der Waals surface area contributed by atoms with Crippen molar-refractivity contribution in [1.29, 1.82) is 5.26 Å². The Bertz CT molecular complexity index is 709. The van der Waals surface area contributed by atoms with Crippen molar-refractivity contribution in [3.63, 3.8) is 0 Å². The van der Waals surface area contributed by atoms with E-state index in [9.17, 15) is 9.59 Å². The molecule has 2 amide bonds. The Morgan fingerprint density at radius 3 is 2.96 bits per heavy atom. The zero-order valence-electron chi connectivity index (χ0n) is 14.3. The predicted octanol–water partition coefficient (Wildman–Crippen LogP) is 0.964. The zero-order chi connectivity index (χ0) is 17.9. The van der Waals surface area contributed by atoms with Crippen LogP contribution in [0.4, 0.5) is 0 Å². The van der Waals surface area contributed by atoms with E-state index in [0.717, 1.165) is 11.4 Å². The average molecular weight is 342 g/mol. The van der Waals surface area contributed by atoms with Crippen LogP contribution in [-0.2, 0) is 20.7 Å². The van der Waals surface area contributed by atoms with Crippen molar-refractivity contribution in [1.82, 2.24) is 15.2 Å². The third-order valence-corrected chi connectivity index (χ3v) is 4.74. The highest BCUT2D eigenvalue weighted by Crippen LogP contribution is 2.44. The number of hydrogen-bond acceptors (Lipinski definition) is 5. The second kappa shape index (κ2) is 7.19. The van der Waals surface area contributed by atoms with Crippen molar-refractivity contribution in [2.75, 3.05) is 26.2 Å². The van der Waals surface area contributed by atoms with Crippen molar-refractivity contribution in [3.8, 4) is 6.07 Å². The molecule has 1 saturated carbocycles. The Kier molecular flexibility index (Phi) is 5.00. The van der Waals surface area contributed by atoms with Gasteiger partial charge in [-0.25, -0.2) is 0 Å². The predicted molar refractivity (Wildman–Crippen MR) is 89.2 cm³/mol. The van der Waals surface area contributed by atoms with E-state index in [1.54, 1.807) is 11.8 Å². The van der Waals surface area contributed by atoms with E-state index in [1.807, 2.05) is 18.2 Å². The molecule has 1 aromatic heterocycles. The molecule has 3 rings (SSSR count). The molecule has 132 valence electrons. The summed E-state index contributed by atoms with van der Waals surface area (Å²) < 4.78 is 5.75. The molecule has 1 aliphatic carbocycles. The average Bonchev–Trinajstić information content (AvgIpc) is 3.43. The number of ether oxygens (including phenoxy) is 1. The van der Waals surface area contributed by atoms with Crippen LogP contribution in [0.5, 0.6) is 0 Å². The highest BCUT2D eigenvalue weighted by atomic mass is 16.5. The summed E-state index contributed by atoms with van der Waals surface area (Å²) in [5.74, 6) is -0.141. The number of amides is 2. The Balaban J connectivity index is 1.55. The standard InChI is InChI=1S/C18H22N4O3/c1-13(23)22-9-10-25-16(11-22)15-4-2-3-14(21-15)5-8-20-17(24)18(12-19)6-7-18/h2-4,16H,5-11H2,1H3,(H,20,24). The number of rotatable bonds is 5. The molecular formula is C18H22N4O3. The summed E-state index contributed by atoms with van der Waals surface area (Å²) in [5.41, 5.74) is 0.857. The molecule has 0 aromatic carbocycles. The summed E-state index contributed by atoms with van der Waals surface area (Å²) in [7, 11) is 0. The number of morpholine rings is 1. The van der Waals surface area contributed by atoms with E-state index in [-0.39, 0.29) is 17.9 Å². The fourth-order valence-corrected chi connectivity index (χ4v) is 2.92. The van der Waals surface area contributed by atoms with Crippen LogP contribution in [0.15, 0.2) is 18.2 Å². The van der Waals surface area contributed by atoms with Crippen LogP contribution in [0, 0.1) is 16.7 Å². The molecule has 1 N–H and O–H groups in total. The number of nitrogens with zero attached hydrogens (tertiary/aromatic N) is 3. The maximum absolute atomic E-state index is 12.0. The van der Waals surface area contributed by atoms with Gasteiger partial charge in [-0.3, -0.25) is 14.6 Å². The van der Waals surface area contributed by atoms with Gasteiger partial charge in [0.15, 0.2) is 0 Å². The smallest absolute Gasteiger partial charge is 0.240 e. The lowest BCUT2D eigenvalue weighted by molar-refractivity contribution is -0.136. The minimum Gasteiger partial charge on any atom is -0.368 e. The van der Waals surface area contributed by atoms with Crippen molar-refractivity contribution < 1.29 is 14.3 Å². The normalized spacial score (nSPS) is 21.3. The summed E-state index contributed by atoms with van der Waals surface area (Å²) in [6.07, 6.45) is 1.66. The molecule has 1 aliphatic heterocycles. The molecule has 1 unspecified atom stereocenters. The molecule has 2 fully saturated rings. The number of nitrogens with one attached hydrogen (secondary N) is 1. The molecule has 25 heavy (non-hydrogen) atoms. The second-order valence-corrected chi connectivity index (χ2v) is 6.58. The Morgan fingerprint density at radius 2 is 2.28 bits per heavy atom. The molecule has 0 bridgehead atoms. The maximum atomic E-state index is 12.0. The third-order valence-electron chi connectivity index (χ3n) is 4.74. The SMILES string of the molecule is CC(=O)N1CCOC(c2cccc(CCNC(=O)C3(C#N)CC3)n2)C1. The van der Waals surface area contributed by atoms with Gasteiger partial charge in [0.1, 0.15) is 11.5 Å². The topological polar surface area (TPSA) is 95.3 Å². The van der Waals surface area contributed by atoms with Crippen LogP contribution in [0.2, 0.25) is 0 Å². The fourth-order valence-electron chi connectivity index (χ4n) is 2.92. The molecule has 0 spiro atoms. The second-order valence-electron chi connectivity index (χ2n) is 6.58. The molecule has 1 aromatic rings. The lowest BCUT2D eigenvalue weighted by Gasteiger charge is -2.32. The minimum absolute atomic E-state index is 0.0404. The Hall–Kier alpha value is -2.46. The lowest BCUT2D eigenvalue weighted by atomic mass is 10.1. The highest BCUT2D eigenvalue weighted by molar-refractivity contribution is 5.88. The summed E-state index contributed by atoms with van der Waals surface area (Å²) in [6.45, 7) is 3.63. The zero-order valence-corrected chi connectivity index (χ0v) is 14.3. The quantitative estimate of drug-likeness (QED) is 0.860. The van der Waals surface area contributed by atoms with Gasteiger partial charge in [-0.2, -0.15) is 5.26 Å². The summed E-state index contributed by atoms with van der Waals surface area (Å²) in [5, 5.41) is 11.8. The molecule has 1 saturated heterocycles. The fraction of sp³-hybridized carbons (Fsp3) is 0.556. The molecular weight excluding hydrogens is 320 g/mol. The first kappa shape index (κ1) is 17.4. The van der Waals surface area contributed by atoms with Crippen LogP contribution in [-0.4, -0.2) is 47.9 Å². The summed E-state index contributed by atoms with van der Waals surface area (Å²) in [4.78, 5) is 29.9. The van der Waals surface area contributed by atoms with Crippen LogP contribution < -0.4 is 5.32 Å². The van der Waals surface area contributed by atoms with Gasteiger partial charge < -0.3 is 15.0 Å². The highest BCUT2D eigenvalue weighted by Gasteiger charge is 2.50. The first-order valence-electron chi connectivity index (χ1n) is 8.56. The van der Waals surface area contributed by atoms with Crippen molar-refractivity contribution in [2.45, 2.75) is 32.3 Å². The van der Waals surface area contributed by atoms with Crippen LogP contribution in [0.25, 0.3) is 0 Å². The van der Waals surface area contributed by atoms with Gasteiger partial charge in [-0.05, 0) is 25.0 Å². The van der Waals surface area contributed by atoms with Crippen molar-refractivity contribution in [2.24, 2.45) is 5.41 Å². The molecule has 2 aliphatic rings. The molecule has 7 heteroatoms. The number of carbonyl (C=O) groups excluding carboxylic acids is 2. The molecule has 7 nitrogen and oxygen atoms in total. The molecule has 2 heterocycles. The van der Waals surface area contributed by atoms with Gasteiger partial charge in [0.2, 0.25) is 11.8 Å². The number of carbonyl (C=O) groups is 2. The van der Waals surface area contributed by atoms with Gasteiger partial charge >= 0.3 is 0 Å². The van der Waals surface area contributed by atoms with Crippen LogP contribution in [0.3, 0.4) is 0 Å². The summed E-state index contributed by atoms with van der Waals surface area (Å²) in [6, 6.07) is 7.80. The first-order valence-corrected chi connectivity index (χ1v) is 8.56. The van der Waals surface area contributed by atoms with E-state index in [2.05, 4.69) is 16.4 Å². The molecule has 1 atom stereocenters. The lowest BCUT2D eigenvalue weighted by Crippen LogP contribution is -2.41. The Labute approximate surface area is 147 Å². The monoisotopic (exact) mass is 342 g/mol. The van der Waals surface area contributed by atoms with E-state index in [1.165, 1.54) is 0 Å². The number of nitriles is 1. The number of hydrogen-bond donors (Lipinski definition) is 1. The van der Waals surface area contributed by atoms with Gasteiger partial charge in [-0.1, -0.05) is 6.07 Å². The molecule has 0 radical (unpaired) electrons. The van der Waals surface area contributed by atoms with Crippen molar-refractivity contribution >= 4 is 11.8 Å².